The number of carbonyl (C=O) groups is 2. The highest BCUT2D eigenvalue weighted by molar-refractivity contribution is 6.00. The second-order valence-electron chi connectivity index (χ2n) is 3.24. The number of nitrogens with zero attached hydrogens (tertiary/aromatic N) is 1. The number of primary amides is 1. The lowest BCUT2D eigenvalue weighted by Crippen LogP contribution is -2.51. The Bertz CT molecular complexity index is 197. The molecule has 1 unspecified atom stereocenters. The first-order chi connectivity index (χ1) is 6.13. The first-order valence-electron chi connectivity index (χ1n) is 4.39. The molecule has 0 aromatic carbocycles. The molecule has 0 aliphatic carbocycles. The van der Waals surface area contributed by atoms with Gasteiger partial charge in [-0.15, -0.1) is 0 Å². The number of piperidine rings is 1. The molecule has 1 heterocycles. The summed E-state index contributed by atoms with van der Waals surface area (Å²) in [5.41, 5.74) is 5.01. The smallest absolute Gasteiger partial charge is 0.330 e. The van der Waals surface area contributed by atoms with Crippen LogP contribution in [0.5, 0.6) is 0 Å². The maximum absolute atomic E-state index is 10.8. The molecule has 1 atom stereocenters. The molecule has 3 N–H and O–H groups in total. The van der Waals surface area contributed by atoms with Gasteiger partial charge in [-0.1, -0.05) is 6.42 Å². The normalized spacial score (nSPS) is 20.9. The number of carboxylic acid groups (broad SMARTS) is 1. The number of carboxylic acids is 1. The highest BCUT2D eigenvalue weighted by Gasteiger charge is 2.31. The summed E-state index contributed by atoms with van der Waals surface area (Å²) in [6.07, 6.45) is 2.98. The standard InChI is InChI=1S/C8H14N2O3/c9-7(11)6(8(12)13)10-4-2-1-3-5-10/h6H,1-5H2,(H2,9,11)(H,12,13). The monoisotopic (exact) mass is 186 g/mol. The molecular formula is C8H14N2O3. The third kappa shape index (κ3) is 2.42. The van der Waals surface area contributed by atoms with Gasteiger partial charge in [-0.25, -0.2) is 4.79 Å². The maximum Gasteiger partial charge on any atom is 0.330 e. The number of amides is 1. The molecule has 5 nitrogen and oxygen atoms in total. The largest absolute Gasteiger partial charge is 0.480 e. The number of nitrogens with two attached hydrogens (primary N) is 1. The minimum Gasteiger partial charge on any atom is -0.480 e. The van der Waals surface area contributed by atoms with E-state index in [4.69, 9.17) is 10.8 Å². The van der Waals surface area contributed by atoms with Crippen LogP contribution in [0.4, 0.5) is 0 Å². The number of carbonyl (C=O) groups excluding carboxylic acids is 1. The summed E-state index contributed by atoms with van der Waals surface area (Å²) in [5, 5.41) is 8.75. The van der Waals surface area contributed by atoms with Gasteiger partial charge in [0.05, 0.1) is 0 Å². The van der Waals surface area contributed by atoms with E-state index in [2.05, 4.69) is 0 Å². The van der Waals surface area contributed by atoms with Gasteiger partial charge < -0.3 is 10.8 Å². The Morgan fingerprint density at radius 1 is 1.23 bits per heavy atom. The highest BCUT2D eigenvalue weighted by Crippen LogP contribution is 2.12. The zero-order valence-electron chi connectivity index (χ0n) is 7.40. The van der Waals surface area contributed by atoms with Crippen LogP contribution >= 0.6 is 0 Å². The molecule has 0 aromatic rings. The summed E-state index contributed by atoms with van der Waals surface area (Å²) < 4.78 is 0. The fraction of sp³-hybridized carbons (Fsp3) is 0.750. The van der Waals surface area contributed by atoms with Gasteiger partial charge >= 0.3 is 5.97 Å². The summed E-state index contributed by atoms with van der Waals surface area (Å²) in [6, 6.07) is -1.14. The van der Waals surface area contributed by atoms with E-state index in [-0.39, 0.29) is 0 Å². The molecule has 1 saturated heterocycles. The maximum atomic E-state index is 10.8. The predicted molar refractivity (Wildman–Crippen MR) is 46.0 cm³/mol. The van der Waals surface area contributed by atoms with Gasteiger partial charge in [0.25, 0.3) is 0 Å². The molecule has 1 amide bonds. The van der Waals surface area contributed by atoms with Crippen LogP contribution in [-0.4, -0.2) is 41.0 Å². The van der Waals surface area contributed by atoms with E-state index in [9.17, 15) is 9.59 Å². The van der Waals surface area contributed by atoms with Gasteiger partial charge in [0.1, 0.15) is 0 Å². The molecule has 0 aromatic heterocycles. The third-order valence-corrected chi connectivity index (χ3v) is 2.26. The quantitative estimate of drug-likeness (QED) is 0.577. The Hall–Kier alpha value is -1.10. The Balaban J connectivity index is 2.62. The molecule has 1 aliphatic heterocycles. The molecule has 5 heteroatoms. The molecule has 1 rings (SSSR count). The van der Waals surface area contributed by atoms with Crippen LogP contribution in [0, 0.1) is 0 Å². The predicted octanol–water partition coefficient (Wildman–Crippen LogP) is -0.589. The number of likely N-dealkylation sites (tertiary alicyclic amines) is 1. The fourth-order valence-electron chi connectivity index (χ4n) is 1.63. The Labute approximate surface area is 76.5 Å². The Morgan fingerprint density at radius 2 is 1.77 bits per heavy atom. The fourth-order valence-corrected chi connectivity index (χ4v) is 1.63. The third-order valence-electron chi connectivity index (χ3n) is 2.26. The number of hydrogen-bond acceptors (Lipinski definition) is 3. The summed E-state index contributed by atoms with van der Waals surface area (Å²) >= 11 is 0. The zero-order valence-corrected chi connectivity index (χ0v) is 7.40. The average Bonchev–Trinajstić information content (AvgIpc) is 2.04. The van der Waals surface area contributed by atoms with Crippen LogP contribution in [0.3, 0.4) is 0 Å². The summed E-state index contributed by atoms with van der Waals surface area (Å²) in [4.78, 5) is 23.2. The van der Waals surface area contributed by atoms with Crippen LogP contribution in [0.1, 0.15) is 19.3 Å². The number of hydrogen-bond donors (Lipinski definition) is 2. The van der Waals surface area contributed by atoms with Gasteiger partial charge in [-0.2, -0.15) is 0 Å². The molecule has 1 aliphatic rings. The van der Waals surface area contributed by atoms with Crippen LogP contribution < -0.4 is 5.73 Å². The number of rotatable bonds is 3. The summed E-state index contributed by atoms with van der Waals surface area (Å²) in [5.74, 6) is -1.91. The average molecular weight is 186 g/mol. The van der Waals surface area contributed by atoms with E-state index in [1.54, 1.807) is 4.90 Å². The SMILES string of the molecule is NC(=O)C(C(=O)O)N1CCCCC1. The van der Waals surface area contributed by atoms with Crippen molar-refractivity contribution in [1.82, 2.24) is 4.90 Å². The van der Waals surface area contributed by atoms with E-state index in [0.29, 0.717) is 13.1 Å². The van der Waals surface area contributed by atoms with Crippen LogP contribution in [0.25, 0.3) is 0 Å². The minimum atomic E-state index is -1.14. The lowest BCUT2D eigenvalue weighted by atomic mass is 10.1. The van der Waals surface area contributed by atoms with Crippen molar-refractivity contribution < 1.29 is 14.7 Å². The minimum absolute atomic E-state index is 0.653. The number of aliphatic carboxylic acids is 1. The molecular weight excluding hydrogens is 172 g/mol. The van der Waals surface area contributed by atoms with Crippen molar-refractivity contribution in [3.05, 3.63) is 0 Å². The Morgan fingerprint density at radius 3 is 2.15 bits per heavy atom. The molecule has 0 bridgehead atoms. The lowest BCUT2D eigenvalue weighted by Gasteiger charge is -2.29. The van der Waals surface area contributed by atoms with Gasteiger partial charge in [0.15, 0.2) is 6.04 Å². The topological polar surface area (TPSA) is 83.6 Å². The van der Waals surface area contributed by atoms with Crippen LogP contribution in [0.15, 0.2) is 0 Å². The van der Waals surface area contributed by atoms with Gasteiger partial charge in [-0.05, 0) is 25.9 Å². The van der Waals surface area contributed by atoms with E-state index < -0.39 is 17.9 Å². The lowest BCUT2D eigenvalue weighted by molar-refractivity contribution is -0.148. The van der Waals surface area contributed by atoms with Crippen molar-refractivity contribution in [2.24, 2.45) is 5.73 Å². The van der Waals surface area contributed by atoms with Crippen LogP contribution in [0.2, 0.25) is 0 Å². The molecule has 0 radical (unpaired) electrons. The molecule has 13 heavy (non-hydrogen) atoms. The van der Waals surface area contributed by atoms with Gasteiger partial charge in [-0.3, -0.25) is 9.69 Å². The van der Waals surface area contributed by atoms with Crippen molar-refractivity contribution in [3.63, 3.8) is 0 Å². The Kier molecular flexibility index (Phi) is 3.25. The van der Waals surface area contributed by atoms with E-state index in [1.165, 1.54) is 0 Å². The zero-order chi connectivity index (χ0) is 9.84. The van der Waals surface area contributed by atoms with Gasteiger partial charge in [0, 0.05) is 0 Å². The highest BCUT2D eigenvalue weighted by atomic mass is 16.4. The summed E-state index contributed by atoms with van der Waals surface area (Å²) in [6.45, 7) is 1.31. The second-order valence-corrected chi connectivity index (χ2v) is 3.24. The molecule has 0 spiro atoms. The summed E-state index contributed by atoms with van der Waals surface area (Å²) in [7, 11) is 0. The molecule has 0 saturated carbocycles. The van der Waals surface area contributed by atoms with Crippen molar-refractivity contribution in [3.8, 4) is 0 Å². The van der Waals surface area contributed by atoms with Gasteiger partial charge in [0.2, 0.25) is 5.91 Å². The first kappa shape index (κ1) is 9.98. The molecule has 1 fully saturated rings. The van der Waals surface area contributed by atoms with Crippen molar-refractivity contribution in [1.29, 1.82) is 0 Å². The second kappa shape index (κ2) is 4.23. The van der Waals surface area contributed by atoms with Crippen molar-refractivity contribution in [2.75, 3.05) is 13.1 Å². The van der Waals surface area contributed by atoms with E-state index >= 15 is 0 Å². The van der Waals surface area contributed by atoms with E-state index in [0.717, 1.165) is 19.3 Å². The molecule has 74 valence electrons. The van der Waals surface area contributed by atoms with Crippen molar-refractivity contribution >= 4 is 11.9 Å². The van der Waals surface area contributed by atoms with Crippen LogP contribution in [-0.2, 0) is 9.59 Å². The first-order valence-corrected chi connectivity index (χ1v) is 4.39. The van der Waals surface area contributed by atoms with Crippen molar-refractivity contribution in [2.45, 2.75) is 25.3 Å². The van der Waals surface area contributed by atoms with E-state index in [1.807, 2.05) is 0 Å².